The zero-order valence-corrected chi connectivity index (χ0v) is 11.9. The van der Waals surface area contributed by atoms with Gasteiger partial charge in [0, 0.05) is 6.54 Å². The van der Waals surface area contributed by atoms with Gasteiger partial charge in [-0.2, -0.15) is 0 Å². The van der Waals surface area contributed by atoms with E-state index < -0.39 is 21.9 Å². The second-order valence-corrected chi connectivity index (χ2v) is 7.37. The Morgan fingerprint density at radius 2 is 2.00 bits per heavy atom. The van der Waals surface area contributed by atoms with Crippen LogP contribution >= 0.6 is 0 Å². The molecule has 0 amide bonds. The van der Waals surface area contributed by atoms with E-state index in [1.165, 1.54) is 6.42 Å². The second-order valence-electron chi connectivity index (χ2n) is 5.44. The Morgan fingerprint density at radius 3 is 2.39 bits per heavy atom. The molecule has 1 aliphatic carbocycles. The topological polar surface area (TPSA) is 83.5 Å². The Kier molecular flexibility index (Phi) is 5.59. The van der Waals surface area contributed by atoms with Crippen molar-refractivity contribution in [1.29, 1.82) is 0 Å². The largest absolute Gasteiger partial charge is 0.481 e. The standard InChI is InChI=1S/C12H23NO4S/c1-9(2)11(12(14)15)8-13-18(16,17)7-6-10-4-3-5-10/h9-11,13H,3-8H2,1-2H3,(H,14,15). The molecule has 6 heteroatoms. The molecule has 0 spiro atoms. The first kappa shape index (κ1) is 15.4. The molecule has 0 aromatic rings. The van der Waals surface area contributed by atoms with E-state index in [-0.39, 0.29) is 18.2 Å². The summed E-state index contributed by atoms with van der Waals surface area (Å²) in [6.07, 6.45) is 4.14. The van der Waals surface area contributed by atoms with Gasteiger partial charge in [-0.15, -0.1) is 0 Å². The molecule has 0 radical (unpaired) electrons. The third-order valence-electron chi connectivity index (χ3n) is 3.66. The average molecular weight is 277 g/mol. The van der Waals surface area contributed by atoms with Crippen LogP contribution in [0.3, 0.4) is 0 Å². The van der Waals surface area contributed by atoms with Gasteiger partial charge in [0.25, 0.3) is 0 Å². The molecule has 0 aliphatic heterocycles. The van der Waals surface area contributed by atoms with E-state index in [9.17, 15) is 13.2 Å². The fourth-order valence-corrected chi connectivity index (χ4v) is 3.22. The number of carboxylic acid groups (broad SMARTS) is 1. The molecule has 0 bridgehead atoms. The molecule has 5 nitrogen and oxygen atoms in total. The highest BCUT2D eigenvalue weighted by Crippen LogP contribution is 2.29. The highest BCUT2D eigenvalue weighted by molar-refractivity contribution is 7.89. The summed E-state index contributed by atoms with van der Waals surface area (Å²) < 4.78 is 25.9. The second kappa shape index (κ2) is 6.52. The average Bonchev–Trinajstić information content (AvgIpc) is 2.13. The van der Waals surface area contributed by atoms with Crippen LogP contribution < -0.4 is 4.72 Å². The van der Waals surface area contributed by atoms with Gasteiger partial charge < -0.3 is 5.11 Å². The van der Waals surface area contributed by atoms with Crippen LogP contribution in [0.4, 0.5) is 0 Å². The molecule has 1 rings (SSSR count). The van der Waals surface area contributed by atoms with Crippen molar-refractivity contribution in [3.05, 3.63) is 0 Å². The minimum atomic E-state index is -3.33. The number of hydrogen-bond donors (Lipinski definition) is 2. The monoisotopic (exact) mass is 277 g/mol. The van der Waals surface area contributed by atoms with Crippen LogP contribution in [-0.4, -0.2) is 31.8 Å². The number of carboxylic acids is 1. The van der Waals surface area contributed by atoms with Gasteiger partial charge in [-0.1, -0.05) is 33.1 Å². The Bertz CT molecular complexity index is 374. The van der Waals surface area contributed by atoms with E-state index in [0.717, 1.165) is 12.8 Å². The van der Waals surface area contributed by atoms with Crippen molar-refractivity contribution >= 4 is 16.0 Å². The molecule has 0 aromatic carbocycles. The lowest BCUT2D eigenvalue weighted by atomic mass is 9.84. The molecule has 2 N–H and O–H groups in total. The minimum absolute atomic E-state index is 0.0139. The first-order valence-electron chi connectivity index (χ1n) is 6.52. The van der Waals surface area contributed by atoms with Crippen molar-refractivity contribution in [3.8, 4) is 0 Å². The van der Waals surface area contributed by atoms with E-state index >= 15 is 0 Å². The smallest absolute Gasteiger partial charge is 0.308 e. The van der Waals surface area contributed by atoms with Crippen LogP contribution in [-0.2, 0) is 14.8 Å². The van der Waals surface area contributed by atoms with Gasteiger partial charge in [0.2, 0.25) is 10.0 Å². The molecule has 0 aromatic heterocycles. The molecule has 1 fully saturated rings. The van der Waals surface area contributed by atoms with Crippen LogP contribution in [0, 0.1) is 17.8 Å². The maximum atomic E-state index is 11.7. The minimum Gasteiger partial charge on any atom is -0.481 e. The lowest BCUT2D eigenvalue weighted by molar-refractivity contribution is -0.142. The Balaban J connectivity index is 2.36. The van der Waals surface area contributed by atoms with Crippen molar-refractivity contribution in [2.75, 3.05) is 12.3 Å². The molecule has 1 saturated carbocycles. The van der Waals surface area contributed by atoms with Gasteiger partial charge in [0.05, 0.1) is 11.7 Å². The van der Waals surface area contributed by atoms with E-state index in [4.69, 9.17) is 5.11 Å². The fourth-order valence-electron chi connectivity index (χ4n) is 2.00. The van der Waals surface area contributed by atoms with Crippen molar-refractivity contribution in [2.24, 2.45) is 17.8 Å². The molecule has 1 atom stereocenters. The van der Waals surface area contributed by atoms with Gasteiger partial charge in [-0.05, 0) is 18.3 Å². The third-order valence-corrected chi connectivity index (χ3v) is 5.04. The van der Waals surface area contributed by atoms with Gasteiger partial charge in [-0.25, -0.2) is 13.1 Å². The van der Waals surface area contributed by atoms with E-state index in [2.05, 4.69) is 4.72 Å². The summed E-state index contributed by atoms with van der Waals surface area (Å²) in [7, 11) is -3.33. The number of sulfonamides is 1. The van der Waals surface area contributed by atoms with E-state index in [1.54, 1.807) is 13.8 Å². The van der Waals surface area contributed by atoms with Crippen molar-refractivity contribution in [3.63, 3.8) is 0 Å². The number of aliphatic carboxylic acids is 1. The van der Waals surface area contributed by atoms with Crippen LogP contribution in [0.25, 0.3) is 0 Å². The fraction of sp³-hybridized carbons (Fsp3) is 0.917. The predicted molar refractivity (Wildman–Crippen MR) is 69.7 cm³/mol. The molecule has 106 valence electrons. The molecule has 1 aliphatic rings. The summed E-state index contributed by atoms with van der Waals surface area (Å²) >= 11 is 0. The van der Waals surface area contributed by atoms with Gasteiger partial charge in [0.15, 0.2) is 0 Å². The summed E-state index contributed by atoms with van der Waals surface area (Å²) in [5.41, 5.74) is 0. The SMILES string of the molecule is CC(C)C(CNS(=O)(=O)CCC1CCC1)C(=O)O. The Morgan fingerprint density at radius 1 is 1.39 bits per heavy atom. The lowest BCUT2D eigenvalue weighted by Crippen LogP contribution is -2.37. The van der Waals surface area contributed by atoms with Crippen LogP contribution in [0.15, 0.2) is 0 Å². The maximum absolute atomic E-state index is 11.7. The number of carbonyl (C=O) groups is 1. The van der Waals surface area contributed by atoms with Crippen molar-refractivity contribution < 1.29 is 18.3 Å². The number of nitrogens with one attached hydrogen (secondary N) is 1. The predicted octanol–water partition coefficient (Wildman–Crippen LogP) is 1.45. The van der Waals surface area contributed by atoms with Gasteiger partial charge in [-0.3, -0.25) is 4.79 Å². The first-order valence-corrected chi connectivity index (χ1v) is 8.17. The zero-order chi connectivity index (χ0) is 13.8. The Hall–Kier alpha value is -0.620. The first-order chi connectivity index (χ1) is 8.32. The normalized spacial score (nSPS) is 18.6. The molecule has 0 saturated heterocycles. The highest BCUT2D eigenvalue weighted by atomic mass is 32.2. The number of hydrogen-bond acceptors (Lipinski definition) is 3. The van der Waals surface area contributed by atoms with Gasteiger partial charge >= 0.3 is 5.97 Å². The maximum Gasteiger partial charge on any atom is 0.308 e. The van der Waals surface area contributed by atoms with Crippen LogP contribution in [0.5, 0.6) is 0 Å². The molecular weight excluding hydrogens is 254 g/mol. The van der Waals surface area contributed by atoms with Crippen LogP contribution in [0.1, 0.15) is 39.5 Å². The molecule has 1 unspecified atom stereocenters. The van der Waals surface area contributed by atoms with E-state index in [1.807, 2.05) is 0 Å². The number of rotatable bonds is 8. The summed E-state index contributed by atoms with van der Waals surface area (Å²) in [5.74, 6) is -1.05. The molecule has 18 heavy (non-hydrogen) atoms. The highest BCUT2D eigenvalue weighted by Gasteiger charge is 2.25. The summed E-state index contributed by atoms with van der Waals surface area (Å²) in [5, 5.41) is 8.97. The quantitative estimate of drug-likeness (QED) is 0.703. The van der Waals surface area contributed by atoms with Crippen LogP contribution in [0.2, 0.25) is 0 Å². The summed E-state index contributed by atoms with van der Waals surface area (Å²) in [6, 6.07) is 0. The summed E-state index contributed by atoms with van der Waals surface area (Å²) in [4.78, 5) is 10.9. The lowest BCUT2D eigenvalue weighted by Gasteiger charge is -2.25. The third kappa shape index (κ3) is 4.94. The molecular formula is C12H23NO4S. The van der Waals surface area contributed by atoms with Gasteiger partial charge in [0.1, 0.15) is 0 Å². The zero-order valence-electron chi connectivity index (χ0n) is 11.1. The van der Waals surface area contributed by atoms with Crippen molar-refractivity contribution in [2.45, 2.75) is 39.5 Å². The van der Waals surface area contributed by atoms with Crippen molar-refractivity contribution in [1.82, 2.24) is 4.72 Å². The van der Waals surface area contributed by atoms with E-state index in [0.29, 0.717) is 12.3 Å². The Labute approximate surface area is 109 Å². The summed E-state index contributed by atoms with van der Waals surface area (Å²) in [6.45, 7) is 3.54. The molecule has 0 heterocycles.